The summed E-state index contributed by atoms with van der Waals surface area (Å²) in [6.45, 7) is 2.33. The van der Waals surface area contributed by atoms with Crippen molar-refractivity contribution in [1.29, 1.82) is 0 Å². The molecule has 0 saturated heterocycles. The molecule has 50 heteroatoms. The molecule has 0 saturated carbocycles. The van der Waals surface area contributed by atoms with Crippen molar-refractivity contribution in [2.24, 2.45) is 45.9 Å². The Morgan fingerprint density at radius 3 is 1.20 bits per heavy atom. The van der Waals surface area contributed by atoms with Gasteiger partial charge in [0.15, 0.2) is 6.33 Å². The molecule has 0 unspecified atom stereocenters. The predicted octanol–water partition coefficient (Wildman–Crippen LogP) is 16.6. The molecule has 0 bridgehead atoms. The maximum atomic E-state index is 4.58. The van der Waals surface area contributed by atoms with E-state index in [0.29, 0.717) is 6.54 Å². The molecular weight excluding hydrogens is 1730 g/mol. The Bertz CT molecular complexity index is 3470. The van der Waals surface area contributed by atoms with Crippen molar-refractivity contribution < 1.29 is 31.6 Å². The Hall–Kier alpha value is -15.9. The number of pyridine rings is 1. The second-order valence-corrected chi connectivity index (χ2v) is 22.9. The summed E-state index contributed by atoms with van der Waals surface area (Å²) in [5.41, 5.74) is 6.83. The SMILES string of the molecule is C1=CCC=C1.C1=CCN=C1.C1=CN=CC1.C1=CN=NC1.C1=NN=CC1.C1=NN=NC1.c1ccncc1.c1ccnnc1.c1ccoc1.c1ccsc1.c1cnccn1.c1cncnc1.c1cnoc1.c1cnoc1.c1cnon1.c1cnsc1.c1cnsn1.c1conn1.c1cscn1.c1csnn1.c1ncon1.c1ncsn1.c1nnco1.c1nncs1. The van der Waals surface area contributed by atoms with Crippen LogP contribution in [0.15, 0.2) is 460 Å². The van der Waals surface area contributed by atoms with E-state index in [2.05, 4.69) is 235 Å². The van der Waals surface area contributed by atoms with Crippen molar-refractivity contribution >= 4 is 111 Å². The van der Waals surface area contributed by atoms with E-state index in [9.17, 15) is 0 Å². The van der Waals surface area contributed by atoms with Crippen LogP contribution in [0.3, 0.4) is 0 Å². The lowest BCUT2D eigenvalue weighted by Crippen LogP contribution is -1.69. The molecule has 0 fully saturated rings. The van der Waals surface area contributed by atoms with E-state index in [1.165, 1.54) is 133 Å². The molecule has 18 aromatic heterocycles. The Morgan fingerprint density at radius 1 is 0.298 bits per heavy atom. The number of azo groups is 1. The van der Waals surface area contributed by atoms with E-state index >= 15 is 0 Å². The van der Waals surface area contributed by atoms with E-state index in [-0.39, 0.29) is 0 Å². The van der Waals surface area contributed by atoms with Crippen LogP contribution in [0.25, 0.3) is 0 Å². The highest BCUT2D eigenvalue weighted by molar-refractivity contribution is 7.08. The number of furan rings is 1. The molecule has 23 heterocycles. The fraction of sp³-hybridized carbons (Fsp3) is 0.0811. The van der Waals surface area contributed by atoms with Crippen LogP contribution in [0.1, 0.15) is 19.3 Å². The Kier molecular flexibility index (Phi) is 88.3. The minimum Gasteiger partial charge on any atom is -0.473 e. The molecule has 43 nitrogen and oxygen atoms in total. The number of rotatable bonds is 0. The zero-order chi connectivity index (χ0) is 87.7. The monoisotopic (exact) mass is 1810 g/mol. The Labute approximate surface area is 738 Å². The van der Waals surface area contributed by atoms with Gasteiger partial charge in [-0.3, -0.25) is 29.9 Å². The van der Waals surface area contributed by atoms with Gasteiger partial charge in [-0.25, -0.2) is 28.9 Å². The van der Waals surface area contributed by atoms with Crippen LogP contribution in [0, 0.1) is 0 Å². The molecule has 0 N–H and O–H groups in total. The molecule has 1 aliphatic carbocycles. The average molecular weight is 1810 g/mol. The summed E-state index contributed by atoms with van der Waals surface area (Å²) < 4.78 is 48.4. The Balaban J connectivity index is 0.000000647. The zero-order valence-electron chi connectivity index (χ0n) is 65.3. The lowest BCUT2D eigenvalue weighted by molar-refractivity contribution is 0.307. The van der Waals surface area contributed by atoms with Crippen LogP contribution in [0.5, 0.6) is 0 Å². The molecule has 18 aromatic rings. The van der Waals surface area contributed by atoms with E-state index in [0.717, 1.165) is 32.4 Å². The second-order valence-electron chi connectivity index (χ2n) is 18.1. The number of allylic oxidation sites excluding steroid dienone is 6. The van der Waals surface area contributed by atoms with E-state index in [1.807, 2.05) is 118 Å². The first-order valence-electron chi connectivity index (χ1n) is 34.4. The third kappa shape index (κ3) is 100. The zero-order valence-corrected chi connectivity index (χ0v) is 71.0. The molecule has 0 spiro atoms. The molecule has 0 radical (unpaired) electrons. The van der Waals surface area contributed by atoms with Gasteiger partial charge in [-0.05, 0) is 130 Å². The lowest BCUT2D eigenvalue weighted by atomic mass is 10.5. The summed E-state index contributed by atoms with van der Waals surface area (Å²) in [5, 5.41) is 81.1. The van der Waals surface area contributed by atoms with Crippen molar-refractivity contribution in [3.8, 4) is 0 Å². The van der Waals surface area contributed by atoms with Crippen LogP contribution in [0.2, 0.25) is 0 Å². The van der Waals surface area contributed by atoms with E-state index in [4.69, 9.17) is 0 Å². The summed E-state index contributed by atoms with van der Waals surface area (Å²) in [4.78, 5) is 37.0. The summed E-state index contributed by atoms with van der Waals surface area (Å²) in [5.74, 6) is 0. The van der Waals surface area contributed by atoms with Crippen molar-refractivity contribution in [3.05, 3.63) is 382 Å². The highest BCUT2D eigenvalue weighted by Crippen LogP contribution is 1.94. The fourth-order valence-corrected chi connectivity index (χ4v) is 7.22. The van der Waals surface area contributed by atoms with Gasteiger partial charge < -0.3 is 26.9 Å². The molecule has 5 aliphatic heterocycles. The van der Waals surface area contributed by atoms with Gasteiger partial charge in [-0.1, -0.05) is 84.9 Å². The molecule has 124 heavy (non-hydrogen) atoms. The number of thiazole rings is 1. The van der Waals surface area contributed by atoms with Gasteiger partial charge >= 0.3 is 0 Å². The Morgan fingerprint density at radius 2 is 1.02 bits per heavy atom. The predicted molar refractivity (Wildman–Crippen MR) is 474 cm³/mol. The minimum atomic E-state index is 0.667. The minimum absolute atomic E-state index is 0.667. The topological polar surface area (TPSA) is 551 Å². The standard InChI is InChI=1S/C5H5N.C5H6.3C4H4N2.2C4H5N.C4H4O.C4H4S.2C3H4N2.2C3H3NO.2C3H3NS.C2H3N3.4C2H2N2O.4C2H2N2S/c1-2-4-6-5-3-1;1-2-4-5-3-1;1-2-6-4-3-5-1;1-2-5-4-6-3-1;1-2-4-6-5-3-1;8*1-2-4-5-3-1;1-2-5-3-4-1;2*1-2-4-5-3-1;1-3-4-2-5-1;1-3-2-5-4-1;1-2-5-4-3-1;1-2-4-5-3-1;1-3-4-2-5-1;1-3-2-5-4-1;1-2-5-4-3-1;1-2-4-5-3-1/h1-5H;1-4H,5H2;3*1-4H;1,3-4H,2H2;1-3H,4H2;2*1-4H;2-3H,1H2;1-2H,3H2;4*1-3H;1H,2H2;8*1-2H. The van der Waals surface area contributed by atoms with Gasteiger partial charge in [-0.15, -0.1) is 58.4 Å². The fourth-order valence-electron chi connectivity index (χ4n) is 4.97. The van der Waals surface area contributed by atoms with Crippen molar-refractivity contribution in [2.75, 3.05) is 19.6 Å². The third-order valence-corrected chi connectivity index (χ3v) is 12.9. The molecular formula is C74H80N36O7S7. The average Bonchev–Trinajstić information content (AvgIpc) is 3.09. The van der Waals surface area contributed by atoms with Crippen LogP contribution in [0.4, 0.5) is 0 Å². The second kappa shape index (κ2) is 103. The number of thiophene rings is 1. The molecule has 6 aliphatic rings. The third-order valence-electron chi connectivity index (χ3n) is 9.48. The number of hydrogen-bond acceptors (Lipinski definition) is 50. The number of nitrogens with zero attached hydrogens (tertiary/aromatic N) is 36. The number of aromatic nitrogens is 27. The maximum absolute atomic E-state index is 4.58. The van der Waals surface area contributed by atoms with Crippen LogP contribution in [-0.4, -0.2) is 184 Å². The maximum Gasteiger partial charge on any atom is 0.213 e. The molecule has 640 valence electrons. The smallest absolute Gasteiger partial charge is 0.213 e. The van der Waals surface area contributed by atoms with Crippen LogP contribution < -0.4 is 0 Å². The van der Waals surface area contributed by atoms with E-state index in [1.54, 1.807) is 218 Å². The van der Waals surface area contributed by atoms with Gasteiger partial charge in [0.05, 0.1) is 105 Å². The molecule has 0 aromatic carbocycles. The van der Waals surface area contributed by atoms with Gasteiger partial charge in [0.25, 0.3) is 0 Å². The summed E-state index contributed by atoms with van der Waals surface area (Å²) in [6, 6.07) is 24.2. The molecule has 0 amide bonds. The highest BCUT2D eigenvalue weighted by atomic mass is 32.1. The number of aliphatic imine (C=N–C) groups is 2. The van der Waals surface area contributed by atoms with Gasteiger partial charge in [0.1, 0.15) is 48.0 Å². The van der Waals surface area contributed by atoms with Crippen LogP contribution in [-0.2, 0) is 0 Å². The lowest BCUT2D eigenvalue weighted by Gasteiger charge is -1.70. The van der Waals surface area contributed by atoms with Crippen molar-refractivity contribution in [2.45, 2.75) is 19.3 Å². The van der Waals surface area contributed by atoms with Gasteiger partial charge in [0, 0.05) is 146 Å². The normalized spacial score (nSPS) is 10.3. The quantitative estimate of drug-likeness (QED) is 0.136. The molecule has 24 rings (SSSR count). The van der Waals surface area contributed by atoms with Crippen molar-refractivity contribution in [1.82, 2.24) is 134 Å². The summed E-state index contributed by atoms with van der Waals surface area (Å²) in [6.07, 6.45) is 80.3. The van der Waals surface area contributed by atoms with Gasteiger partial charge in [0.2, 0.25) is 19.2 Å². The van der Waals surface area contributed by atoms with Crippen LogP contribution >= 0.6 is 80.3 Å². The first-order chi connectivity index (χ1) is 62.0. The summed E-state index contributed by atoms with van der Waals surface area (Å²) >= 11 is 10.2. The number of hydrogen-bond donors (Lipinski definition) is 0. The first kappa shape index (κ1) is 106. The summed E-state index contributed by atoms with van der Waals surface area (Å²) in [7, 11) is 0. The highest BCUT2D eigenvalue weighted by Gasteiger charge is 1.79. The van der Waals surface area contributed by atoms with E-state index < -0.39 is 0 Å². The van der Waals surface area contributed by atoms with Crippen molar-refractivity contribution in [3.63, 3.8) is 0 Å². The molecule has 0 atom stereocenters. The van der Waals surface area contributed by atoms with Gasteiger partial charge in [-0.2, -0.15) is 60.2 Å². The first-order valence-corrected chi connectivity index (χ1v) is 40.5. The largest absolute Gasteiger partial charge is 0.473 e.